The van der Waals surface area contributed by atoms with Crippen LogP contribution in [0, 0.1) is 0 Å². The van der Waals surface area contributed by atoms with Crippen LogP contribution < -0.4 is 10.1 Å². The maximum absolute atomic E-state index is 12.6. The number of tetrazole rings is 1. The number of rotatable bonds is 6. The van der Waals surface area contributed by atoms with E-state index in [0.29, 0.717) is 34.8 Å². The van der Waals surface area contributed by atoms with Crippen LogP contribution in [0.25, 0.3) is 5.69 Å². The van der Waals surface area contributed by atoms with E-state index in [2.05, 4.69) is 31.0 Å². The van der Waals surface area contributed by atoms with E-state index < -0.39 is 0 Å². The third-order valence-corrected chi connectivity index (χ3v) is 4.66. The number of carbonyl (C=O) groups excluding carboxylic acids is 1. The molecule has 1 aromatic carbocycles. The number of amides is 2. The summed E-state index contributed by atoms with van der Waals surface area (Å²) in [5.41, 5.74) is 1.20. The van der Waals surface area contributed by atoms with E-state index in [9.17, 15) is 4.79 Å². The molecule has 1 aliphatic rings. The third-order valence-electron chi connectivity index (χ3n) is 4.66. The van der Waals surface area contributed by atoms with E-state index in [1.807, 2.05) is 0 Å². The lowest BCUT2D eigenvalue weighted by molar-refractivity contribution is 0.219. The van der Waals surface area contributed by atoms with E-state index >= 15 is 0 Å². The van der Waals surface area contributed by atoms with Crippen molar-refractivity contribution >= 4 is 11.7 Å². The zero-order valence-electron chi connectivity index (χ0n) is 15.6. The average Bonchev–Trinajstić information content (AvgIpc) is 3.32. The molecule has 0 bridgehead atoms. The predicted molar refractivity (Wildman–Crippen MR) is 97.1 cm³/mol. The molecule has 0 aliphatic heterocycles. The number of hydrogen-bond donors (Lipinski definition) is 1. The Morgan fingerprint density at radius 2 is 2.25 bits per heavy atom. The Balaban J connectivity index is 1.43. The molecule has 11 heteroatoms. The first-order chi connectivity index (χ1) is 13.6. The summed E-state index contributed by atoms with van der Waals surface area (Å²) >= 11 is 0. The number of carbonyl (C=O) groups is 1. The third kappa shape index (κ3) is 3.77. The van der Waals surface area contributed by atoms with Gasteiger partial charge in [0.2, 0.25) is 5.89 Å². The van der Waals surface area contributed by atoms with E-state index in [4.69, 9.17) is 9.26 Å². The van der Waals surface area contributed by atoms with Gasteiger partial charge in [-0.1, -0.05) is 11.6 Å². The van der Waals surface area contributed by atoms with Crippen molar-refractivity contribution in [3.05, 3.63) is 36.2 Å². The van der Waals surface area contributed by atoms with Crippen LogP contribution >= 0.6 is 0 Å². The Morgan fingerprint density at radius 1 is 1.39 bits per heavy atom. The zero-order chi connectivity index (χ0) is 19.5. The summed E-state index contributed by atoms with van der Waals surface area (Å²) in [6, 6.07) is 4.90. The molecule has 1 fully saturated rings. The van der Waals surface area contributed by atoms with Gasteiger partial charge >= 0.3 is 6.03 Å². The van der Waals surface area contributed by atoms with Crippen molar-refractivity contribution in [2.45, 2.75) is 31.7 Å². The van der Waals surface area contributed by atoms with Gasteiger partial charge < -0.3 is 19.5 Å². The van der Waals surface area contributed by atoms with Crippen LogP contribution in [-0.4, -0.2) is 55.4 Å². The molecular weight excluding hydrogens is 364 g/mol. The Labute approximate surface area is 160 Å². The second kappa shape index (κ2) is 7.62. The highest BCUT2D eigenvalue weighted by atomic mass is 16.5. The molecule has 1 N–H and O–H groups in total. The molecule has 0 atom stereocenters. The quantitative estimate of drug-likeness (QED) is 0.684. The van der Waals surface area contributed by atoms with Gasteiger partial charge in [-0.3, -0.25) is 0 Å². The van der Waals surface area contributed by atoms with Crippen molar-refractivity contribution in [1.29, 1.82) is 0 Å². The smallest absolute Gasteiger partial charge is 0.321 e. The van der Waals surface area contributed by atoms with Gasteiger partial charge in [0.25, 0.3) is 0 Å². The number of aromatic nitrogens is 6. The lowest BCUT2D eigenvalue weighted by atomic mass is 9.85. The number of hydrogen-bond acceptors (Lipinski definition) is 8. The summed E-state index contributed by atoms with van der Waals surface area (Å²) in [6.07, 6.45) is 4.81. The Kier molecular flexibility index (Phi) is 4.87. The highest BCUT2D eigenvalue weighted by Gasteiger charge is 2.25. The van der Waals surface area contributed by atoms with E-state index in [0.717, 1.165) is 12.8 Å². The number of methoxy groups -OCH3 is 1. The minimum atomic E-state index is -0.314. The maximum Gasteiger partial charge on any atom is 0.321 e. The topological polar surface area (TPSA) is 124 Å². The van der Waals surface area contributed by atoms with Gasteiger partial charge in [-0.2, -0.15) is 4.98 Å². The summed E-state index contributed by atoms with van der Waals surface area (Å²) in [5.74, 6) is 2.07. The van der Waals surface area contributed by atoms with Gasteiger partial charge in [0, 0.05) is 30.8 Å². The fourth-order valence-electron chi connectivity index (χ4n) is 2.84. The molecule has 0 spiro atoms. The Hall–Kier alpha value is -3.50. The molecule has 11 nitrogen and oxygen atoms in total. The zero-order valence-corrected chi connectivity index (χ0v) is 15.6. The molecule has 0 radical (unpaired) electrons. The molecule has 0 saturated heterocycles. The van der Waals surface area contributed by atoms with Crippen molar-refractivity contribution in [3.8, 4) is 11.4 Å². The number of urea groups is 1. The van der Waals surface area contributed by atoms with Gasteiger partial charge in [0.15, 0.2) is 5.82 Å². The molecule has 146 valence electrons. The van der Waals surface area contributed by atoms with Gasteiger partial charge in [-0.05, 0) is 29.3 Å². The monoisotopic (exact) mass is 384 g/mol. The standard InChI is InChI=1S/C17H20N8O3/c1-24(9-15-20-16(28-21-15)11-4-3-5-11)17(26)19-12-6-13(8-14(7-12)27-2)25-10-18-22-23-25/h6-8,10-11H,3-5,9H2,1-2H3,(H,19,26). The largest absolute Gasteiger partial charge is 0.497 e. The highest BCUT2D eigenvalue weighted by molar-refractivity contribution is 5.89. The maximum atomic E-state index is 12.6. The van der Waals surface area contributed by atoms with Crippen molar-refractivity contribution in [2.24, 2.45) is 0 Å². The van der Waals surface area contributed by atoms with E-state index in [1.54, 1.807) is 32.4 Å². The van der Waals surface area contributed by atoms with Crippen LogP contribution in [0.3, 0.4) is 0 Å². The number of benzene rings is 1. The van der Waals surface area contributed by atoms with Crippen LogP contribution in [0.2, 0.25) is 0 Å². The molecule has 1 saturated carbocycles. The summed E-state index contributed by atoms with van der Waals surface area (Å²) < 4.78 is 12.1. The molecule has 0 unspecified atom stereocenters. The van der Waals surface area contributed by atoms with Gasteiger partial charge in [0.1, 0.15) is 12.1 Å². The van der Waals surface area contributed by atoms with Crippen molar-refractivity contribution < 1.29 is 14.1 Å². The summed E-state index contributed by atoms with van der Waals surface area (Å²) in [4.78, 5) is 18.4. The fraction of sp³-hybridized carbons (Fsp3) is 0.412. The lowest BCUT2D eigenvalue weighted by Gasteiger charge is -2.20. The Bertz CT molecular complexity index is 951. The lowest BCUT2D eigenvalue weighted by Crippen LogP contribution is -2.31. The van der Waals surface area contributed by atoms with Crippen molar-refractivity contribution in [1.82, 2.24) is 35.2 Å². The second-order valence-electron chi connectivity index (χ2n) is 6.64. The van der Waals surface area contributed by atoms with Gasteiger partial charge in [0.05, 0.1) is 19.3 Å². The molecular formula is C17H20N8O3. The fourth-order valence-corrected chi connectivity index (χ4v) is 2.84. The average molecular weight is 384 g/mol. The molecule has 2 aromatic heterocycles. The van der Waals surface area contributed by atoms with Crippen molar-refractivity contribution in [2.75, 3.05) is 19.5 Å². The highest BCUT2D eigenvalue weighted by Crippen LogP contribution is 2.35. The summed E-state index contributed by atoms with van der Waals surface area (Å²) in [6.45, 7) is 0.242. The molecule has 4 rings (SSSR count). The van der Waals surface area contributed by atoms with Crippen LogP contribution in [-0.2, 0) is 6.54 Å². The number of ether oxygens (including phenoxy) is 1. The predicted octanol–water partition coefficient (Wildman–Crippen LogP) is 1.99. The molecule has 28 heavy (non-hydrogen) atoms. The van der Waals surface area contributed by atoms with Gasteiger partial charge in [-0.15, -0.1) is 5.10 Å². The van der Waals surface area contributed by atoms with E-state index in [-0.39, 0.29) is 12.6 Å². The first-order valence-corrected chi connectivity index (χ1v) is 8.89. The first kappa shape index (κ1) is 17.9. The molecule has 1 aliphatic carbocycles. The molecule has 2 heterocycles. The number of nitrogens with zero attached hydrogens (tertiary/aromatic N) is 7. The minimum Gasteiger partial charge on any atom is -0.497 e. The van der Waals surface area contributed by atoms with Crippen LogP contribution in [0.15, 0.2) is 29.0 Å². The van der Waals surface area contributed by atoms with Crippen molar-refractivity contribution in [3.63, 3.8) is 0 Å². The van der Waals surface area contributed by atoms with Gasteiger partial charge in [-0.25, -0.2) is 9.48 Å². The normalized spacial score (nSPS) is 13.8. The number of anilines is 1. The molecule has 3 aromatic rings. The van der Waals surface area contributed by atoms with Crippen LogP contribution in [0.1, 0.15) is 36.9 Å². The summed E-state index contributed by atoms with van der Waals surface area (Å²) in [7, 11) is 3.21. The first-order valence-electron chi connectivity index (χ1n) is 8.89. The second-order valence-corrected chi connectivity index (χ2v) is 6.64. The van der Waals surface area contributed by atoms with Crippen LogP contribution in [0.5, 0.6) is 5.75 Å². The number of nitrogens with one attached hydrogen (secondary N) is 1. The summed E-state index contributed by atoms with van der Waals surface area (Å²) in [5, 5.41) is 17.9. The van der Waals surface area contributed by atoms with E-state index in [1.165, 1.54) is 22.3 Å². The Morgan fingerprint density at radius 3 is 2.93 bits per heavy atom. The molecule has 2 amide bonds. The van der Waals surface area contributed by atoms with Crippen LogP contribution in [0.4, 0.5) is 10.5 Å². The minimum absolute atomic E-state index is 0.242. The SMILES string of the molecule is COc1cc(NC(=O)N(C)Cc2noc(C3CCC3)n2)cc(-n2cnnn2)c1.